The number of nitrogens with zero attached hydrogens (tertiary/aromatic N) is 1. The second-order valence-electron chi connectivity index (χ2n) is 7.04. The first kappa shape index (κ1) is 22.2. The molecule has 0 aromatic heterocycles. The van der Waals surface area contributed by atoms with Crippen molar-refractivity contribution in [1.82, 2.24) is 4.90 Å². The molecule has 1 aliphatic heterocycles. The third kappa shape index (κ3) is 4.65. The second-order valence-corrected chi connectivity index (χ2v) is 7.45. The molecule has 0 aliphatic carbocycles. The van der Waals surface area contributed by atoms with E-state index in [9.17, 15) is 18.0 Å². The quantitative estimate of drug-likeness (QED) is 0.713. The van der Waals surface area contributed by atoms with Crippen molar-refractivity contribution in [1.29, 1.82) is 0 Å². The molecule has 0 fully saturated rings. The van der Waals surface area contributed by atoms with Crippen LogP contribution in [0.3, 0.4) is 0 Å². The number of rotatable bonds is 5. The maximum absolute atomic E-state index is 13.0. The predicted molar refractivity (Wildman–Crippen MR) is 108 cm³/mol. The summed E-state index contributed by atoms with van der Waals surface area (Å²) in [6.07, 6.45) is -3.88. The van der Waals surface area contributed by atoms with Crippen LogP contribution in [0.4, 0.5) is 18.9 Å². The molecule has 9 heteroatoms. The van der Waals surface area contributed by atoms with Gasteiger partial charge in [-0.2, -0.15) is 13.2 Å². The van der Waals surface area contributed by atoms with Gasteiger partial charge in [-0.05, 0) is 54.8 Å². The van der Waals surface area contributed by atoms with E-state index in [1.54, 1.807) is 14.2 Å². The molecule has 0 spiro atoms. The Bertz CT molecular complexity index is 950. The number of halogens is 4. The van der Waals surface area contributed by atoms with Crippen LogP contribution in [0.5, 0.6) is 11.5 Å². The normalized spacial score (nSPS) is 16.7. The molecule has 0 bridgehead atoms. The maximum Gasteiger partial charge on any atom is 0.417 e. The molecule has 0 saturated carbocycles. The monoisotopic (exact) mass is 442 g/mol. The van der Waals surface area contributed by atoms with Gasteiger partial charge in [-0.15, -0.1) is 0 Å². The van der Waals surface area contributed by atoms with Crippen molar-refractivity contribution in [3.05, 3.63) is 52.0 Å². The van der Waals surface area contributed by atoms with Crippen LogP contribution in [-0.4, -0.2) is 38.1 Å². The number of ether oxygens (including phenoxy) is 2. The fraction of sp³-hybridized carbons (Fsp3) is 0.381. The molecule has 0 saturated heterocycles. The molecule has 0 radical (unpaired) electrons. The van der Waals surface area contributed by atoms with Crippen LogP contribution in [0.1, 0.15) is 29.7 Å². The Morgan fingerprint density at radius 1 is 1.20 bits per heavy atom. The molecule has 5 nitrogen and oxygen atoms in total. The highest BCUT2D eigenvalue weighted by Crippen LogP contribution is 2.38. The number of fused-ring (bicyclic) bond motifs is 1. The third-order valence-electron chi connectivity index (χ3n) is 5.21. The first-order chi connectivity index (χ1) is 14.1. The topological polar surface area (TPSA) is 50.8 Å². The molecule has 1 N–H and O–H groups in total. The van der Waals surface area contributed by atoms with E-state index in [0.717, 1.165) is 23.3 Å². The van der Waals surface area contributed by atoms with Gasteiger partial charge < -0.3 is 14.8 Å². The van der Waals surface area contributed by atoms with E-state index in [1.165, 1.54) is 6.07 Å². The summed E-state index contributed by atoms with van der Waals surface area (Å²) in [5, 5.41) is 2.12. The minimum Gasteiger partial charge on any atom is -0.493 e. The van der Waals surface area contributed by atoms with Gasteiger partial charge in [0.05, 0.1) is 31.4 Å². The Labute approximate surface area is 177 Å². The summed E-state index contributed by atoms with van der Waals surface area (Å²) in [7, 11) is 3.14. The van der Waals surface area contributed by atoms with E-state index in [-0.39, 0.29) is 18.3 Å². The SMILES string of the molecule is COc1cc2c(cc1OC)[C@H](C)N(CC(=O)Nc1ccc(Cl)c(C(F)(F)F)c1)CC2. The molecule has 2 aromatic rings. The first-order valence-electron chi connectivity index (χ1n) is 9.29. The molecule has 30 heavy (non-hydrogen) atoms. The van der Waals surface area contributed by atoms with Gasteiger partial charge in [0.25, 0.3) is 0 Å². The van der Waals surface area contributed by atoms with E-state index in [2.05, 4.69) is 5.32 Å². The second kappa shape index (κ2) is 8.73. The number of hydrogen-bond acceptors (Lipinski definition) is 4. The van der Waals surface area contributed by atoms with Crippen LogP contribution < -0.4 is 14.8 Å². The number of carbonyl (C=O) groups is 1. The zero-order valence-electron chi connectivity index (χ0n) is 16.8. The minimum atomic E-state index is -4.59. The lowest BCUT2D eigenvalue weighted by atomic mass is 9.93. The van der Waals surface area contributed by atoms with Crippen LogP contribution >= 0.6 is 11.6 Å². The van der Waals surface area contributed by atoms with Crippen molar-refractivity contribution in [2.75, 3.05) is 32.6 Å². The molecule has 0 unspecified atom stereocenters. The van der Waals surface area contributed by atoms with Crippen LogP contribution in [0.15, 0.2) is 30.3 Å². The van der Waals surface area contributed by atoms with Crippen molar-refractivity contribution < 1.29 is 27.4 Å². The average Bonchev–Trinajstić information content (AvgIpc) is 2.69. The Balaban J connectivity index is 1.73. The highest BCUT2D eigenvalue weighted by molar-refractivity contribution is 6.31. The largest absolute Gasteiger partial charge is 0.493 e. The zero-order chi connectivity index (χ0) is 22.1. The van der Waals surface area contributed by atoms with Crippen molar-refractivity contribution in [2.24, 2.45) is 0 Å². The number of anilines is 1. The summed E-state index contributed by atoms with van der Waals surface area (Å²) < 4.78 is 49.8. The van der Waals surface area contributed by atoms with E-state index < -0.39 is 22.7 Å². The van der Waals surface area contributed by atoms with Gasteiger partial charge in [-0.25, -0.2) is 0 Å². The number of alkyl halides is 3. The van der Waals surface area contributed by atoms with E-state index in [0.29, 0.717) is 24.5 Å². The van der Waals surface area contributed by atoms with E-state index in [4.69, 9.17) is 21.1 Å². The van der Waals surface area contributed by atoms with Crippen molar-refractivity contribution in [2.45, 2.75) is 25.6 Å². The number of amides is 1. The summed E-state index contributed by atoms with van der Waals surface area (Å²) >= 11 is 5.63. The Morgan fingerprint density at radius 2 is 1.87 bits per heavy atom. The molecule has 1 heterocycles. The Hall–Kier alpha value is -2.45. The molecule has 1 amide bonds. The lowest BCUT2D eigenvalue weighted by Crippen LogP contribution is -2.39. The molecular weight excluding hydrogens is 421 g/mol. The van der Waals surface area contributed by atoms with Gasteiger partial charge in [-0.3, -0.25) is 9.69 Å². The Morgan fingerprint density at radius 3 is 2.50 bits per heavy atom. The van der Waals surface area contributed by atoms with Crippen molar-refractivity contribution >= 4 is 23.2 Å². The Kier molecular flexibility index (Phi) is 6.47. The highest BCUT2D eigenvalue weighted by atomic mass is 35.5. The third-order valence-corrected chi connectivity index (χ3v) is 5.54. The summed E-state index contributed by atoms with van der Waals surface area (Å²) in [4.78, 5) is 14.5. The molecule has 1 aliphatic rings. The van der Waals surface area contributed by atoms with Gasteiger partial charge in [-0.1, -0.05) is 11.6 Å². The van der Waals surface area contributed by atoms with Crippen LogP contribution in [0, 0.1) is 0 Å². The zero-order valence-corrected chi connectivity index (χ0v) is 17.5. The number of carbonyl (C=O) groups excluding carboxylic acids is 1. The van der Waals surface area contributed by atoms with Crippen molar-refractivity contribution in [3.63, 3.8) is 0 Å². The fourth-order valence-electron chi connectivity index (χ4n) is 3.62. The highest BCUT2D eigenvalue weighted by Gasteiger charge is 2.33. The number of nitrogens with one attached hydrogen (secondary N) is 1. The maximum atomic E-state index is 13.0. The molecular formula is C21H22ClF3N2O3. The summed E-state index contributed by atoms with van der Waals surface area (Å²) in [6, 6.07) is 7.08. The van der Waals surface area contributed by atoms with Gasteiger partial charge >= 0.3 is 6.18 Å². The molecule has 3 rings (SSSR count). The standard InChI is InChI=1S/C21H22ClF3N2O3/c1-12-15-10-19(30-3)18(29-2)8-13(15)6-7-27(12)11-20(28)26-14-4-5-17(22)16(9-14)21(23,24)25/h4-5,8-10,12H,6-7,11H2,1-3H3,(H,26,28)/t12-/m0/s1. The first-order valence-corrected chi connectivity index (χ1v) is 9.67. The summed E-state index contributed by atoms with van der Waals surface area (Å²) in [6.45, 7) is 2.64. The van der Waals surface area contributed by atoms with Gasteiger partial charge in [0.15, 0.2) is 11.5 Å². The fourth-order valence-corrected chi connectivity index (χ4v) is 3.84. The number of hydrogen-bond donors (Lipinski definition) is 1. The van der Waals surface area contributed by atoms with Gasteiger partial charge in [0.2, 0.25) is 5.91 Å². The minimum absolute atomic E-state index is 0.0406. The summed E-state index contributed by atoms with van der Waals surface area (Å²) in [5.41, 5.74) is 1.21. The van der Waals surface area contributed by atoms with Crippen LogP contribution in [-0.2, 0) is 17.4 Å². The smallest absolute Gasteiger partial charge is 0.417 e. The van der Waals surface area contributed by atoms with E-state index in [1.807, 2.05) is 24.0 Å². The number of methoxy groups -OCH3 is 2. The lowest BCUT2D eigenvalue weighted by Gasteiger charge is -2.35. The molecule has 1 atom stereocenters. The molecule has 162 valence electrons. The number of benzene rings is 2. The van der Waals surface area contributed by atoms with E-state index >= 15 is 0 Å². The lowest BCUT2D eigenvalue weighted by molar-refractivity contribution is -0.137. The van der Waals surface area contributed by atoms with Gasteiger partial charge in [0, 0.05) is 18.3 Å². The summed E-state index contributed by atoms with van der Waals surface area (Å²) in [5.74, 6) is 0.856. The predicted octanol–water partition coefficient (Wildman–Crippen LogP) is 4.93. The van der Waals surface area contributed by atoms with Gasteiger partial charge in [0.1, 0.15) is 0 Å². The van der Waals surface area contributed by atoms with Crippen molar-refractivity contribution in [3.8, 4) is 11.5 Å². The average molecular weight is 443 g/mol. The van der Waals surface area contributed by atoms with Crippen LogP contribution in [0.25, 0.3) is 0 Å². The molecule has 2 aromatic carbocycles. The van der Waals surface area contributed by atoms with Crippen LogP contribution in [0.2, 0.25) is 5.02 Å².